The number of nitrogens with one attached hydrogen (secondary N) is 1. The normalized spacial score (nSPS) is 22.4. The summed E-state index contributed by atoms with van der Waals surface area (Å²) in [6.45, 7) is 4.52. The van der Waals surface area contributed by atoms with Crippen LogP contribution in [0.1, 0.15) is 12.8 Å². The van der Waals surface area contributed by atoms with Crippen LogP contribution < -0.4 is 5.32 Å². The second-order valence-corrected chi connectivity index (χ2v) is 4.09. The number of amides is 1. The van der Waals surface area contributed by atoms with Gasteiger partial charge in [0.2, 0.25) is 5.91 Å². The van der Waals surface area contributed by atoms with Crippen LogP contribution in [0.4, 0.5) is 0 Å². The second-order valence-electron chi connectivity index (χ2n) is 4.09. The summed E-state index contributed by atoms with van der Waals surface area (Å²) in [5.41, 5.74) is 0. The molecule has 2 rings (SSSR count). The van der Waals surface area contributed by atoms with Crippen LogP contribution in [0.3, 0.4) is 0 Å². The van der Waals surface area contributed by atoms with Gasteiger partial charge in [-0.25, -0.2) is 0 Å². The molecule has 1 aliphatic heterocycles. The van der Waals surface area contributed by atoms with Gasteiger partial charge in [0.25, 0.3) is 0 Å². The van der Waals surface area contributed by atoms with E-state index in [0.29, 0.717) is 0 Å². The predicted molar refractivity (Wildman–Crippen MR) is 53.0 cm³/mol. The monoisotopic (exact) mass is 198 g/mol. The lowest BCUT2D eigenvalue weighted by molar-refractivity contribution is -0.136. The molecule has 0 aromatic heterocycles. The first kappa shape index (κ1) is 9.93. The first-order chi connectivity index (χ1) is 6.86. The summed E-state index contributed by atoms with van der Waals surface area (Å²) in [7, 11) is 0. The third kappa shape index (κ3) is 2.96. The van der Waals surface area contributed by atoms with Crippen LogP contribution in [-0.4, -0.2) is 50.2 Å². The highest BCUT2D eigenvalue weighted by molar-refractivity contribution is 5.77. The fourth-order valence-corrected chi connectivity index (χ4v) is 1.60. The largest absolute Gasteiger partial charge is 0.371 e. The van der Waals surface area contributed by atoms with Gasteiger partial charge in [0, 0.05) is 26.2 Å². The molecule has 0 aromatic carbocycles. The Labute approximate surface area is 84.6 Å². The number of piperazine rings is 1. The molecule has 0 bridgehead atoms. The molecule has 2 aliphatic rings. The Hall–Kier alpha value is -0.610. The van der Waals surface area contributed by atoms with Crippen molar-refractivity contribution in [2.24, 2.45) is 5.92 Å². The highest BCUT2D eigenvalue weighted by Gasteiger charge is 2.22. The Kier molecular flexibility index (Phi) is 3.37. The van der Waals surface area contributed by atoms with E-state index in [1.807, 2.05) is 4.90 Å². The molecule has 1 saturated carbocycles. The Morgan fingerprint density at radius 3 is 2.71 bits per heavy atom. The molecule has 1 saturated heterocycles. The molecular weight excluding hydrogens is 180 g/mol. The first-order valence-electron chi connectivity index (χ1n) is 5.42. The van der Waals surface area contributed by atoms with Crippen LogP contribution in [0, 0.1) is 5.92 Å². The van der Waals surface area contributed by atoms with Crippen LogP contribution in [-0.2, 0) is 9.53 Å². The number of carbonyl (C=O) groups excluding carboxylic acids is 1. The van der Waals surface area contributed by atoms with Gasteiger partial charge in [0.15, 0.2) is 0 Å². The van der Waals surface area contributed by atoms with Crippen molar-refractivity contribution >= 4 is 5.91 Å². The van der Waals surface area contributed by atoms with E-state index in [9.17, 15) is 4.79 Å². The third-order valence-electron chi connectivity index (χ3n) is 2.75. The number of nitrogens with zero attached hydrogens (tertiary/aromatic N) is 1. The Balaban J connectivity index is 1.60. The molecule has 80 valence electrons. The van der Waals surface area contributed by atoms with E-state index >= 15 is 0 Å². The second kappa shape index (κ2) is 4.75. The van der Waals surface area contributed by atoms with E-state index in [-0.39, 0.29) is 12.5 Å². The van der Waals surface area contributed by atoms with Crippen LogP contribution in [0.25, 0.3) is 0 Å². The molecule has 1 aliphatic carbocycles. The van der Waals surface area contributed by atoms with Gasteiger partial charge in [-0.05, 0) is 18.8 Å². The zero-order valence-electron chi connectivity index (χ0n) is 8.50. The minimum atomic E-state index is 0.146. The van der Waals surface area contributed by atoms with Crippen molar-refractivity contribution in [2.45, 2.75) is 12.8 Å². The highest BCUT2D eigenvalue weighted by atomic mass is 16.5. The van der Waals surface area contributed by atoms with Crippen LogP contribution in [0.5, 0.6) is 0 Å². The minimum absolute atomic E-state index is 0.146. The molecule has 2 fully saturated rings. The molecule has 1 amide bonds. The fraction of sp³-hybridized carbons (Fsp3) is 0.900. The molecule has 1 N–H and O–H groups in total. The van der Waals surface area contributed by atoms with E-state index in [1.54, 1.807) is 0 Å². The lowest BCUT2D eigenvalue weighted by atomic mass is 10.3. The molecule has 0 spiro atoms. The quantitative estimate of drug-likeness (QED) is 0.683. The summed E-state index contributed by atoms with van der Waals surface area (Å²) in [5.74, 6) is 0.887. The maximum atomic E-state index is 11.6. The Morgan fingerprint density at radius 2 is 2.07 bits per heavy atom. The van der Waals surface area contributed by atoms with Crippen molar-refractivity contribution in [1.29, 1.82) is 0 Å². The molecule has 0 unspecified atom stereocenters. The van der Waals surface area contributed by atoms with Crippen LogP contribution >= 0.6 is 0 Å². The predicted octanol–water partition coefficient (Wildman–Crippen LogP) is -0.155. The van der Waals surface area contributed by atoms with E-state index in [4.69, 9.17) is 4.74 Å². The molecule has 14 heavy (non-hydrogen) atoms. The van der Waals surface area contributed by atoms with Crippen molar-refractivity contribution < 1.29 is 9.53 Å². The maximum absolute atomic E-state index is 11.6. The fourth-order valence-electron chi connectivity index (χ4n) is 1.60. The lowest BCUT2D eigenvalue weighted by Gasteiger charge is -2.27. The van der Waals surface area contributed by atoms with Gasteiger partial charge in [-0.2, -0.15) is 0 Å². The van der Waals surface area contributed by atoms with Gasteiger partial charge in [0.05, 0.1) is 6.61 Å². The summed E-state index contributed by atoms with van der Waals surface area (Å²) in [6.07, 6.45) is 2.56. The molecular formula is C10H18N2O2. The number of hydrogen-bond donors (Lipinski definition) is 1. The van der Waals surface area contributed by atoms with Gasteiger partial charge in [0.1, 0.15) is 6.61 Å². The number of ether oxygens (including phenoxy) is 1. The minimum Gasteiger partial charge on any atom is -0.371 e. The molecule has 4 nitrogen and oxygen atoms in total. The SMILES string of the molecule is O=C(COCC1CC1)N1CCNCC1. The molecule has 0 atom stereocenters. The van der Waals surface area contributed by atoms with E-state index < -0.39 is 0 Å². The van der Waals surface area contributed by atoms with Gasteiger partial charge >= 0.3 is 0 Å². The summed E-state index contributed by atoms with van der Waals surface area (Å²) < 4.78 is 5.36. The van der Waals surface area contributed by atoms with E-state index in [2.05, 4.69) is 5.32 Å². The number of rotatable bonds is 4. The molecule has 0 aromatic rings. The van der Waals surface area contributed by atoms with Crippen molar-refractivity contribution in [3.05, 3.63) is 0 Å². The van der Waals surface area contributed by atoms with Gasteiger partial charge in [-0.15, -0.1) is 0 Å². The zero-order chi connectivity index (χ0) is 9.80. The Morgan fingerprint density at radius 1 is 1.36 bits per heavy atom. The van der Waals surface area contributed by atoms with Gasteiger partial charge in [-0.3, -0.25) is 4.79 Å². The van der Waals surface area contributed by atoms with Crippen LogP contribution in [0.15, 0.2) is 0 Å². The average molecular weight is 198 g/mol. The summed E-state index contributed by atoms with van der Waals surface area (Å²) >= 11 is 0. The van der Waals surface area contributed by atoms with E-state index in [0.717, 1.165) is 38.7 Å². The number of carbonyl (C=O) groups is 1. The highest BCUT2D eigenvalue weighted by Crippen LogP contribution is 2.28. The van der Waals surface area contributed by atoms with Crippen molar-refractivity contribution in [1.82, 2.24) is 10.2 Å². The van der Waals surface area contributed by atoms with Crippen molar-refractivity contribution in [3.63, 3.8) is 0 Å². The van der Waals surface area contributed by atoms with E-state index in [1.165, 1.54) is 12.8 Å². The van der Waals surface area contributed by atoms with Crippen molar-refractivity contribution in [2.75, 3.05) is 39.4 Å². The topological polar surface area (TPSA) is 41.6 Å². The summed E-state index contributed by atoms with van der Waals surface area (Å²) in [5, 5.41) is 3.22. The van der Waals surface area contributed by atoms with Gasteiger partial charge in [-0.1, -0.05) is 0 Å². The third-order valence-corrected chi connectivity index (χ3v) is 2.75. The average Bonchev–Trinajstić information content (AvgIpc) is 3.03. The lowest BCUT2D eigenvalue weighted by Crippen LogP contribution is -2.47. The molecule has 1 heterocycles. The zero-order valence-corrected chi connectivity index (χ0v) is 8.50. The summed E-state index contributed by atoms with van der Waals surface area (Å²) in [6, 6.07) is 0. The van der Waals surface area contributed by atoms with Crippen molar-refractivity contribution in [3.8, 4) is 0 Å². The smallest absolute Gasteiger partial charge is 0.248 e. The molecule has 0 radical (unpaired) electrons. The number of hydrogen-bond acceptors (Lipinski definition) is 3. The van der Waals surface area contributed by atoms with Crippen LogP contribution in [0.2, 0.25) is 0 Å². The van der Waals surface area contributed by atoms with Gasteiger partial charge < -0.3 is 15.0 Å². The Bertz CT molecular complexity index is 198. The first-order valence-corrected chi connectivity index (χ1v) is 5.42. The molecule has 4 heteroatoms. The maximum Gasteiger partial charge on any atom is 0.248 e. The summed E-state index contributed by atoms with van der Waals surface area (Å²) in [4.78, 5) is 13.5. The standard InChI is InChI=1S/C10H18N2O2/c13-10(8-14-7-9-1-2-9)12-5-3-11-4-6-12/h9,11H,1-8H2.